The molecule has 19 nitrogen and oxygen atoms in total. The van der Waals surface area contributed by atoms with Gasteiger partial charge in [0.2, 0.25) is 0 Å². The number of ether oxygens (including phenoxy) is 1. The lowest BCUT2D eigenvalue weighted by molar-refractivity contribution is 0.320. The predicted molar refractivity (Wildman–Crippen MR) is 150 cm³/mol. The van der Waals surface area contributed by atoms with Crippen LogP contribution in [0.3, 0.4) is 0 Å². The lowest BCUT2D eigenvalue weighted by Gasteiger charge is -2.07. The summed E-state index contributed by atoms with van der Waals surface area (Å²) in [6.07, 6.45) is 0. The quantitative estimate of drug-likeness (QED) is 0.114. The molecule has 0 aliphatic heterocycles. The minimum Gasteiger partial charge on any atom is -0.497 e. The number of rotatable bonds is 2. The monoisotopic (exact) mass is 910 g/mol. The zero-order valence-electron chi connectivity index (χ0n) is 21.2. The lowest BCUT2D eigenvalue weighted by atomic mass is 10.1. The topological polar surface area (TPSA) is 354 Å². The van der Waals surface area contributed by atoms with E-state index in [0.29, 0.717) is 0 Å². The predicted octanol–water partition coefficient (Wildman–Crippen LogP) is 4.26. The van der Waals surface area contributed by atoms with Crippen LogP contribution in [0.5, 0.6) is 5.75 Å². The lowest BCUT2D eigenvalue weighted by Crippen LogP contribution is -1.86. The minimum atomic E-state index is -5.14. The summed E-state index contributed by atoms with van der Waals surface area (Å²) in [5, 5.41) is 0. The van der Waals surface area contributed by atoms with E-state index in [2.05, 4.69) is 46.9 Å². The Morgan fingerprint density at radius 1 is 0.511 bits per heavy atom. The van der Waals surface area contributed by atoms with Crippen LogP contribution < -0.4 is 4.74 Å². The molecule has 0 aliphatic carbocycles. The molecule has 0 saturated carbocycles. The number of hydrogen-bond donors (Lipinski definition) is 12. The Morgan fingerprint density at radius 3 is 0.978 bits per heavy atom. The van der Waals surface area contributed by atoms with Crippen LogP contribution in [-0.4, -0.2) is 65.8 Å². The SMILES string of the molecule is COc1ccc(I)c(-c2ccccc2)c1.O=P(O)(O)F.O=P(O)(O)F.O=P(O)(O)F.O=P(O)(O)F.O=P(O)(O)F.O=P(O)(O)F. The van der Waals surface area contributed by atoms with Crippen molar-refractivity contribution in [2.75, 3.05) is 7.11 Å². The van der Waals surface area contributed by atoms with Crippen molar-refractivity contribution in [2.45, 2.75) is 0 Å². The van der Waals surface area contributed by atoms with Crippen LogP contribution in [0.2, 0.25) is 0 Å². The van der Waals surface area contributed by atoms with Gasteiger partial charge in [0.15, 0.2) is 0 Å². The summed E-state index contributed by atoms with van der Waals surface area (Å²) in [7, 11) is -29.1. The summed E-state index contributed by atoms with van der Waals surface area (Å²) in [6.45, 7) is 0. The second-order valence-electron chi connectivity index (χ2n) is 6.05. The summed E-state index contributed by atoms with van der Waals surface area (Å²) >= 11 is 2.34. The molecule has 2 rings (SSSR count). The molecule has 0 aliphatic rings. The normalized spacial score (nSPS) is 11.2. The summed E-state index contributed by atoms with van der Waals surface area (Å²) in [4.78, 5) is 83.6. The van der Waals surface area contributed by atoms with Crippen molar-refractivity contribution in [1.82, 2.24) is 0 Å². The summed E-state index contributed by atoms with van der Waals surface area (Å²) in [5.74, 6) is 0.897. The van der Waals surface area contributed by atoms with E-state index in [9.17, 15) is 25.2 Å². The highest BCUT2D eigenvalue weighted by atomic mass is 127. The Bertz CT molecular complexity index is 1170. The smallest absolute Gasteiger partial charge is 0.497 e. The van der Waals surface area contributed by atoms with Crippen LogP contribution in [-0.2, 0) is 27.4 Å². The molecule has 0 spiro atoms. The van der Waals surface area contributed by atoms with Crippen molar-refractivity contribution in [3.8, 4) is 16.9 Å². The van der Waals surface area contributed by atoms with Gasteiger partial charge in [-0.2, -0.15) is 0 Å². The molecular weight excluding hydrogens is 887 g/mol. The van der Waals surface area contributed by atoms with Gasteiger partial charge in [-0.15, -0.1) is 25.2 Å². The first kappa shape index (κ1) is 53.9. The highest BCUT2D eigenvalue weighted by Gasteiger charge is 2.07. The van der Waals surface area contributed by atoms with Gasteiger partial charge >= 0.3 is 47.4 Å². The maximum absolute atomic E-state index is 10.4. The fraction of sp³-hybridized carbons (Fsp3) is 0.0769. The maximum atomic E-state index is 10.4. The Labute approximate surface area is 261 Å². The molecule has 0 unspecified atom stereocenters. The van der Waals surface area contributed by atoms with Crippen molar-refractivity contribution in [3.63, 3.8) is 0 Å². The van der Waals surface area contributed by atoms with Crippen molar-refractivity contribution in [3.05, 3.63) is 52.1 Å². The number of benzene rings is 2. The number of halogens is 7. The molecule has 268 valence electrons. The molecule has 0 atom stereocenters. The molecule has 2 aromatic carbocycles. The van der Waals surface area contributed by atoms with Crippen molar-refractivity contribution in [1.29, 1.82) is 0 Å². The Kier molecular flexibility index (Phi) is 29.4. The zero-order chi connectivity index (χ0) is 37.7. The van der Waals surface area contributed by atoms with Gasteiger partial charge in [0, 0.05) is 3.57 Å². The molecular formula is C13H23F6IO19P6. The third kappa shape index (κ3) is 107. The molecule has 0 amide bonds. The third-order valence-electron chi connectivity index (χ3n) is 2.26. The van der Waals surface area contributed by atoms with Crippen LogP contribution in [0.25, 0.3) is 11.1 Å². The van der Waals surface area contributed by atoms with Crippen molar-refractivity contribution < 1.29 is 116 Å². The molecule has 0 fully saturated rings. The maximum Gasteiger partial charge on any atom is 0.507 e. The van der Waals surface area contributed by atoms with E-state index in [4.69, 9.17) is 90.8 Å². The zero-order valence-corrected chi connectivity index (χ0v) is 28.7. The largest absolute Gasteiger partial charge is 0.507 e. The van der Waals surface area contributed by atoms with Gasteiger partial charge in [0.1, 0.15) is 5.75 Å². The van der Waals surface area contributed by atoms with E-state index in [1.807, 2.05) is 24.3 Å². The van der Waals surface area contributed by atoms with Crippen LogP contribution >= 0.6 is 70.0 Å². The van der Waals surface area contributed by atoms with Crippen LogP contribution in [0.1, 0.15) is 0 Å². The van der Waals surface area contributed by atoms with Gasteiger partial charge in [-0.25, -0.2) is 27.4 Å². The standard InChI is InChI=1S/C13H11IO.6FH2O3P/c1-15-11-7-8-13(14)12(9-11)10-5-3-2-4-6-10;6*1-5(2,3)4/h2-9H,1H3;6*(H2,2,3,4). The highest BCUT2D eigenvalue weighted by Crippen LogP contribution is 2.37. The Balaban J connectivity index is -0.000000151. The molecule has 0 aromatic heterocycles. The first-order valence-electron chi connectivity index (χ1n) is 9.21. The van der Waals surface area contributed by atoms with E-state index in [1.165, 1.54) is 14.7 Å². The van der Waals surface area contributed by atoms with Crippen LogP contribution in [0, 0.1) is 3.57 Å². The summed E-state index contributed by atoms with van der Waals surface area (Å²) < 4.78 is 121. The highest BCUT2D eigenvalue weighted by molar-refractivity contribution is 14.1. The van der Waals surface area contributed by atoms with Gasteiger partial charge < -0.3 is 4.74 Å². The van der Waals surface area contributed by atoms with Gasteiger partial charge in [-0.1, -0.05) is 30.3 Å². The molecule has 12 N–H and O–H groups in total. The van der Waals surface area contributed by atoms with E-state index in [-0.39, 0.29) is 0 Å². The van der Waals surface area contributed by atoms with E-state index in [0.717, 1.165) is 5.75 Å². The molecule has 45 heavy (non-hydrogen) atoms. The molecule has 32 heteroatoms. The Hall–Kier alpha value is -0.550. The summed E-state index contributed by atoms with van der Waals surface area (Å²) in [6, 6.07) is 16.5. The number of hydrogen-bond acceptors (Lipinski definition) is 7. The van der Waals surface area contributed by atoms with Crippen molar-refractivity contribution in [2.24, 2.45) is 0 Å². The van der Waals surface area contributed by atoms with Crippen LogP contribution in [0.4, 0.5) is 25.2 Å². The molecule has 0 saturated heterocycles. The van der Waals surface area contributed by atoms with Crippen molar-refractivity contribution >= 4 is 70.0 Å². The van der Waals surface area contributed by atoms with E-state index >= 15 is 0 Å². The molecule has 0 radical (unpaired) electrons. The molecule has 2 aromatic rings. The van der Waals surface area contributed by atoms with Gasteiger partial charge in [0.25, 0.3) is 0 Å². The third-order valence-corrected chi connectivity index (χ3v) is 3.20. The Morgan fingerprint density at radius 2 is 0.756 bits per heavy atom. The fourth-order valence-corrected chi connectivity index (χ4v) is 2.12. The van der Waals surface area contributed by atoms with E-state index < -0.39 is 47.4 Å². The fourth-order valence-electron chi connectivity index (χ4n) is 1.47. The average molecular weight is 910 g/mol. The molecule has 0 bridgehead atoms. The average Bonchev–Trinajstić information content (AvgIpc) is 2.67. The molecule has 0 heterocycles. The van der Waals surface area contributed by atoms with E-state index in [1.54, 1.807) is 7.11 Å². The summed E-state index contributed by atoms with van der Waals surface area (Å²) in [5.41, 5.74) is 2.44. The second-order valence-corrected chi connectivity index (χ2v) is 12.9. The second kappa shape index (κ2) is 24.6. The van der Waals surface area contributed by atoms with Gasteiger partial charge in [-0.05, 0) is 51.9 Å². The first-order chi connectivity index (χ1) is 19.3. The van der Waals surface area contributed by atoms with Gasteiger partial charge in [0.05, 0.1) is 7.11 Å². The first-order valence-corrected chi connectivity index (χ1v) is 19.3. The van der Waals surface area contributed by atoms with Gasteiger partial charge in [-0.3, -0.25) is 58.7 Å². The minimum absolute atomic E-state index is 0.897. The van der Waals surface area contributed by atoms with Crippen LogP contribution in [0.15, 0.2) is 48.5 Å². The number of methoxy groups -OCH3 is 1.